The van der Waals surface area contributed by atoms with Crippen molar-refractivity contribution in [1.29, 1.82) is 0 Å². The maximum Gasteiger partial charge on any atom is 0.315 e. The molecule has 0 bridgehead atoms. The number of aryl methyl sites for hydroxylation is 1. The van der Waals surface area contributed by atoms with Gasteiger partial charge in [0.05, 0.1) is 41.1 Å². The molecule has 1 atom stereocenters. The number of halogens is 1. The molecule has 0 radical (unpaired) electrons. The molecule has 2 aliphatic heterocycles. The number of hydrogen-bond acceptors (Lipinski definition) is 11. The van der Waals surface area contributed by atoms with Crippen molar-refractivity contribution in [2.45, 2.75) is 89.4 Å². The van der Waals surface area contributed by atoms with Crippen LogP contribution in [0.5, 0.6) is 0 Å². The number of carbonyl (C=O) groups is 5. The predicted octanol–water partition coefficient (Wildman–Crippen LogP) is 2.87. The van der Waals surface area contributed by atoms with Gasteiger partial charge in [-0.3, -0.25) is 29.2 Å². The second-order valence-electron chi connectivity index (χ2n) is 14.1. The Morgan fingerprint density at radius 2 is 1.80 bits per heavy atom. The van der Waals surface area contributed by atoms with Crippen LogP contribution in [-0.4, -0.2) is 93.1 Å². The molecule has 54 heavy (non-hydrogen) atoms. The summed E-state index contributed by atoms with van der Waals surface area (Å²) < 4.78 is 1.96. The summed E-state index contributed by atoms with van der Waals surface area (Å²) in [5.74, 6) is 0.351. The normalized spacial score (nSPS) is 18.4. The molecule has 6 N–H and O–H groups in total. The van der Waals surface area contributed by atoms with Crippen molar-refractivity contribution >= 4 is 58.5 Å². The van der Waals surface area contributed by atoms with Crippen LogP contribution >= 0.6 is 22.9 Å². The Kier molecular flexibility index (Phi) is 13.1. The molecule has 4 aliphatic rings. The highest BCUT2D eigenvalue weighted by atomic mass is 35.5. The van der Waals surface area contributed by atoms with Gasteiger partial charge in [0.15, 0.2) is 0 Å². The summed E-state index contributed by atoms with van der Waals surface area (Å²) >= 11 is 7.70. The van der Waals surface area contributed by atoms with E-state index in [4.69, 9.17) is 16.6 Å². The van der Waals surface area contributed by atoms with E-state index >= 15 is 0 Å². The van der Waals surface area contributed by atoms with Crippen LogP contribution < -0.4 is 31.9 Å². The van der Waals surface area contributed by atoms with E-state index in [2.05, 4.69) is 42.0 Å². The van der Waals surface area contributed by atoms with Gasteiger partial charge < -0.3 is 31.5 Å². The first-order chi connectivity index (χ1) is 26.1. The Hall–Kier alpha value is -4.61. The van der Waals surface area contributed by atoms with Gasteiger partial charge in [-0.2, -0.15) is 5.10 Å². The van der Waals surface area contributed by atoms with Gasteiger partial charge in [-0.15, -0.1) is 11.3 Å². The fraction of sp³-hybridized carbons (Fsp3) is 0.556. The number of carbonyl (C=O) groups excluding carboxylic acids is 5. The number of hydrogen-bond donors (Lipinski definition) is 6. The zero-order valence-electron chi connectivity index (χ0n) is 30.6. The maximum atomic E-state index is 12.7. The first-order valence-electron chi connectivity index (χ1n) is 18.6. The van der Waals surface area contributed by atoms with E-state index in [1.54, 1.807) is 13.2 Å². The lowest BCUT2D eigenvalue weighted by atomic mass is 9.96. The van der Waals surface area contributed by atoms with E-state index < -0.39 is 11.9 Å². The molecule has 0 aromatic carbocycles. The number of thiophene rings is 1. The summed E-state index contributed by atoms with van der Waals surface area (Å²) in [4.78, 5) is 71.2. The number of amides is 6. The van der Waals surface area contributed by atoms with Crippen molar-refractivity contribution < 1.29 is 24.0 Å². The van der Waals surface area contributed by atoms with Gasteiger partial charge in [0.2, 0.25) is 23.7 Å². The molecule has 7 rings (SSSR count). The molecular formula is C36H48ClN11O5S. The van der Waals surface area contributed by atoms with Crippen LogP contribution in [0.3, 0.4) is 0 Å². The van der Waals surface area contributed by atoms with Gasteiger partial charge in [-0.1, -0.05) is 30.9 Å². The third-order valence-corrected chi connectivity index (χ3v) is 11.4. The molecule has 0 spiro atoms. The molecule has 5 heterocycles. The van der Waals surface area contributed by atoms with Crippen molar-refractivity contribution in [2.75, 3.05) is 32.0 Å². The maximum absolute atomic E-state index is 12.7. The SMILES string of the molecule is CNCC(=O)NCCNC(=O)NCc1cc2c(s1)C(=O)N(C1CCC(=O)NC1=O)C2.Cn1ncc(-c2nc(NC3CCCCC3)ncc2Cl)c1CC1CC1. The van der Waals surface area contributed by atoms with Crippen molar-refractivity contribution in [3.8, 4) is 11.3 Å². The molecule has 2 aliphatic carbocycles. The molecule has 2 saturated carbocycles. The number of rotatable bonds is 13. The minimum atomic E-state index is -0.629. The van der Waals surface area contributed by atoms with E-state index in [1.807, 2.05) is 24.0 Å². The number of nitrogens with one attached hydrogen (secondary N) is 6. The molecule has 1 saturated heterocycles. The number of urea groups is 1. The summed E-state index contributed by atoms with van der Waals surface area (Å²) in [6.07, 6.45) is 14.1. The van der Waals surface area contributed by atoms with Crippen LogP contribution in [-0.2, 0) is 40.9 Å². The largest absolute Gasteiger partial charge is 0.353 e. The Morgan fingerprint density at radius 1 is 1.02 bits per heavy atom. The van der Waals surface area contributed by atoms with Crippen molar-refractivity contribution in [3.05, 3.63) is 44.5 Å². The lowest BCUT2D eigenvalue weighted by molar-refractivity contribution is -0.137. The lowest BCUT2D eigenvalue weighted by Gasteiger charge is -2.29. The average Bonchev–Trinajstić information content (AvgIpc) is 3.67. The highest BCUT2D eigenvalue weighted by Gasteiger charge is 2.40. The first-order valence-corrected chi connectivity index (χ1v) is 19.8. The molecule has 3 aromatic rings. The van der Waals surface area contributed by atoms with E-state index in [0.717, 1.165) is 34.0 Å². The number of fused-ring (bicyclic) bond motifs is 1. The Morgan fingerprint density at radius 3 is 2.52 bits per heavy atom. The summed E-state index contributed by atoms with van der Waals surface area (Å²) in [7, 11) is 3.67. The second-order valence-corrected chi connectivity index (χ2v) is 15.6. The van der Waals surface area contributed by atoms with Crippen LogP contribution in [0.1, 0.15) is 83.6 Å². The number of imide groups is 1. The van der Waals surface area contributed by atoms with Gasteiger partial charge in [0.1, 0.15) is 6.04 Å². The Bertz CT molecular complexity index is 1860. The van der Waals surface area contributed by atoms with Crippen LogP contribution in [0, 0.1) is 5.92 Å². The quantitative estimate of drug-likeness (QED) is 0.111. The van der Waals surface area contributed by atoms with Gasteiger partial charge in [-0.25, -0.2) is 14.8 Å². The van der Waals surface area contributed by atoms with E-state index in [9.17, 15) is 24.0 Å². The summed E-state index contributed by atoms with van der Waals surface area (Å²) in [5.41, 5.74) is 3.89. The minimum Gasteiger partial charge on any atom is -0.353 e. The van der Waals surface area contributed by atoms with Crippen molar-refractivity contribution in [2.24, 2.45) is 13.0 Å². The van der Waals surface area contributed by atoms with E-state index in [1.165, 1.54) is 66.9 Å². The lowest BCUT2D eigenvalue weighted by Crippen LogP contribution is -2.52. The minimum absolute atomic E-state index is 0.149. The molecule has 1 unspecified atom stereocenters. The standard InChI is InChI=1S/C18H24ClN5.C18H24N6O5S/c1-24-16(9-12-7-8-12)14(10-21-24)17-15(19)11-20-18(23-17)22-13-5-3-2-4-6-13;1-19-8-14(26)20-4-5-21-18(29)22-7-11-6-10-9-24(17(28)15(10)30-11)12-2-3-13(25)23-16(12)27/h10-13H,2-9H2,1H3,(H,20,22,23);6,12,19H,2-5,7-9H2,1H3,(H,20,26)(H2,21,22,29)(H,23,25,27). The second kappa shape index (κ2) is 18.1. The zero-order chi connectivity index (χ0) is 38.2. The average molecular weight is 782 g/mol. The van der Waals surface area contributed by atoms with Crippen LogP contribution in [0.2, 0.25) is 5.02 Å². The third-order valence-electron chi connectivity index (χ3n) is 9.91. The molecule has 3 aromatic heterocycles. The molecule has 18 heteroatoms. The molecule has 6 amide bonds. The highest BCUT2D eigenvalue weighted by molar-refractivity contribution is 7.14. The smallest absolute Gasteiger partial charge is 0.315 e. The number of aromatic nitrogens is 4. The molecule has 16 nitrogen and oxygen atoms in total. The number of piperidine rings is 1. The summed E-state index contributed by atoms with van der Waals surface area (Å²) in [6.45, 7) is 1.42. The Labute approximate surface area is 323 Å². The van der Waals surface area contributed by atoms with E-state index in [0.29, 0.717) is 47.9 Å². The zero-order valence-corrected chi connectivity index (χ0v) is 32.2. The predicted molar refractivity (Wildman–Crippen MR) is 204 cm³/mol. The molecule has 3 fully saturated rings. The van der Waals surface area contributed by atoms with Crippen LogP contribution in [0.25, 0.3) is 11.3 Å². The molecular weight excluding hydrogens is 734 g/mol. The van der Waals surface area contributed by atoms with Crippen molar-refractivity contribution in [1.82, 2.24) is 51.2 Å². The summed E-state index contributed by atoms with van der Waals surface area (Å²) in [6, 6.07) is 1.33. The fourth-order valence-corrected chi connectivity index (χ4v) is 8.13. The third kappa shape index (κ3) is 10.1. The number of anilines is 1. The monoisotopic (exact) mass is 781 g/mol. The summed E-state index contributed by atoms with van der Waals surface area (Å²) in [5, 5.41) is 21.5. The van der Waals surface area contributed by atoms with Gasteiger partial charge in [0.25, 0.3) is 5.91 Å². The number of likely N-dealkylation sites (N-methyl/N-ethyl adjacent to an activating group) is 1. The van der Waals surface area contributed by atoms with Crippen LogP contribution in [0.4, 0.5) is 10.7 Å². The fourth-order valence-electron chi connectivity index (χ4n) is 6.87. The topological polar surface area (TPSA) is 204 Å². The number of nitrogens with zero attached hydrogens (tertiary/aromatic N) is 5. The van der Waals surface area contributed by atoms with E-state index in [-0.39, 0.29) is 43.3 Å². The highest BCUT2D eigenvalue weighted by Crippen LogP contribution is 2.37. The first kappa shape index (κ1) is 39.1. The van der Waals surface area contributed by atoms with Crippen LogP contribution in [0.15, 0.2) is 18.5 Å². The molecule has 290 valence electrons. The van der Waals surface area contributed by atoms with Crippen molar-refractivity contribution in [3.63, 3.8) is 0 Å². The van der Waals surface area contributed by atoms with Gasteiger partial charge in [0, 0.05) is 55.3 Å². The van der Waals surface area contributed by atoms with Gasteiger partial charge >= 0.3 is 6.03 Å². The van der Waals surface area contributed by atoms with Gasteiger partial charge in [-0.05, 0) is 63.1 Å². The Balaban J connectivity index is 0.000000188.